The fourth-order valence-electron chi connectivity index (χ4n) is 2.25. The molecular weight excluding hydrogens is 346 g/mol. The Balaban J connectivity index is 1.78. The molecule has 2 aromatic rings. The maximum absolute atomic E-state index is 12.1. The molecule has 7 heteroatoms. The SMILES string of the molecule is CCCC(=O)Nc1ccc(C(=O)NNC(=O)COc2ccccc2C)cc1. The van der Waals surface area contributed by atoms with E-state index in [1.54, 1.807) is 30.3 Å². The van der Waals surface area contributed by atoms with E-state index in [0.29, 0.717) is 23.4 Å². The van der Waals surface area contributed by atoms with Crippen LogP contribution in [0.3, 0.4) is 0 Å². The van der Waals surface area contributed by atoms with Gasteiger partial charge in [-0.25, -0.2) is 0 Å². The number of rotatable bonds is 7. The van der Waals surface area contributed by atoms with Crippen molar-refractivity contribution >= 4 is 23.4 Å². The second-order valence-corrected chi connectivity index (χ2v) is 5.93. The lowest BCUT2D eigenvalue weighted by atomic mass is 10.2. The Morgan fingerprint density at radius 2 is 1.63 bits per heavy atom. The minimum Gasteiger partial charge on any atom is -0.483 e. The van der Waals surface area contributed by atoms with E-state index in [0.717, 1.165) is 12.0 Å². The summed E-state index contributed by atoms with van der Waals surface area (Å²) in [5, 5.41) is 2.74. The van der Waals surface area contributed by atoms with Gasteiger partial charge >= 0.3 is 0 Å². The second-order valence-electron chi connectivity index (χ2n) is 5.93. The van der Waals surface area contributed by atoms with Gasteiger partial charge in [-0.2, -0.15) is 0 Å². The van der Waals surface area contributed by atoms with Gasteiger partial charge in [0, 0.05) is 17.7 Å². The number of aryl methyl sites for hydroxylation is 1. The quantitative estimate of drug-likeness (QED) is 0.654. The molecule has 142 valence electrons. The zero-order valence-electron chi connectivity index (χ0n) is 15.4. The summed E-state index contributed by atoms with van der Waals surface area (Å²) in [7, 11) is 0. The molecule has 0 aliphatic heterocycles. The van der Waals surface area contributed by atoms with Crippen LogP contribution in [0.1, 0.15) is 35.7 Å². The van der Waals surface area contributed by atoms with E-state index < -0.39 is 11.8 Å². The molecule has 0 unspecified atom stereocenters. The van der Waals surface area contributed by atoms with Gasteiger partial charge in [0.15, 0.2) is 6.61 Å². The van der Waals surface area contributed by atoms with Crippen molar-refractivity contribution in [3.63, 3.8) is 0 Å². The molecule has 0 aliphatic carbocycles. The summed E-state index contributed by atoms with van der Waals surface area (Å²) in [6.45, 7) is 3.59. The molecule has 3 amide bonds. The van der Waals surface area contributed by atoms with Gasteiger partial charge in [0.2, 0.25) is 5.91 Å². The van der Waals surface area contributed by atoms with Crippen LogP contribution >= 0.6 is 0 Å². The predicted molar refractivity (Wildman–Crippen MR) is 102 cm³/mol. The highest BCUT2D eigenvalue weighted by Crippen LogP contribution is 2.15. The van der Waals surface area contributed by atoms with Gasteiger partial charge in [0.1, 0.15) is 5.75 Å². The van der Waals surface area contributed by atoms with Crippen LogP contribution in [0.15, 0.2) is 48.5 Å². The molecular formula is C20H23N3O4. The maximum atomic E-state index is 12.1. The van der Waals surface area contributed by atoms with Gasteiger partial charge in [-0.05, 0) is 49.2 Å². The fourth-order valence-corrected chi connectivity index (χ4v) is 2.25. The van der Waals surface area contributed by atoms with E-state index in [-0.39, 0.29) is 12.5 Å². The number of carbonyl (C=O) groups is 3. The summed E-state index contributed by atoms with van der Waals surface area (Å²) < 4.78 is 5.41. The van der Waals surface area contributed by atoms with Crippen molar-refractivity contribution in [1.82, 2.24) is 10.9 Å². The van der Waals surface area contributed by atoms with Crippen LogP contribution in [0.2, 0.25) is 0 Å². The summed E-state index contributed by atoms with van der Waals surface area (Å²) in [6, 6.07) is 13.7. The highest BCUT2D eigenvalue weighted by atomic mass is 16.5. The lowest BCUT2D eigenvalue weighted by Gasteiger charge is -2.10. The van der Waals surface area contributed by atoms with E-state index in [4.69, 9.17) is 4.74 Å². The number of nitrogens with one attached hydrogen (secondary N) is 3. The average molecular weight is 369 g/mol. The van der Waals surface area contributed by atoms with Crippen molar-refractivity contribution in [1.29, 1.82) is 0 Å². The number of hydrazine groups is 1. The third-order valence-electron chi connectivity index (χ3n) is 3.68. The Morgan fingerprint density at radius 1 is 0.926 bits per heavy atom. The first kappa shape index (κ1) is 20.0. The lowest BCUT2D eigenvalue weighted by Crippen LogP contribution is -2.43. The highest BCUT2D eigenvalue weighted by molar-refractivity contribution is 5.96. The normalized spacial score (nSPS) is 10.0. The van der Waals surface area contributed by atoms with Gasteiger partial charge in [-0.1, -0.05) is 25.1 Å². The van der Waals surface area contributed by atoms with Crippen molar-refractivity contribution in [3.8, 4) is 5.75 Å². The van der Waals surface area contributed by atoms with Crippen LogP contribution in [0.5, 0.6) is 5.75 Å². The molecule has 0 bridgehead atoms. The molecule has 0 saturated heterocycles. The Hall–Kier alpha value is -3.35. The van der Waals surface area contributed by atoms with Crippen LogP contribution in [0, 0.1) is 6.92 Å². The first-order valence-electron chi connectivity index (χ1n) is 8.67. The maximum Gasteiger partial charge on any atom is 0.276 e. The number of carbonyl (C=O) groups excluding carboxylic acids is 3. The van der Waals surface area contributed by atoms with Crippen LogP contribution < -0.4 is 20.9 Å². The number of benzene rings is 2. The zero-order chi connectivity index (χ0) is 19.6. The number of amides is 3. The minimum atomic E-state index is -0.477. The third kappa shape index (κ3) is 6.47. The molecule has 0 aliphatic rings. The highest BCUT2D eigenvalue weighted by Gasteiger charge is 2.09. The summed E-state index contributed by atoms with van der Waals surface area (Å²) in [4.78, 5) is 35.4. The number of para-hydroxylation sites is 1. The Bertz CT molecular complexity index is 803. The Labute approximate surface area is 158 Å². The smallest absolute Gasteiger partial charge is 0.276 e. The van der Waals surface area contributed by atoms with Gasteiger partial charge in [-0.3, -0.25) is 25.2 Å². The van der Waals surface area contributed by atoms with Crippen LogP contribution in [-0.4, -0.2) is 24.3 Å². The van der Waals surface area contributed by atoms with E-state index in [1.165, 1.54) is 0 Å². The van der Waals surface area contributed by atoms with Crippen molar-refractivity contribution in [2.45, 2.75) is 26.7 Å². The standard InChI is InChI=1S/C20H23N3O4/c1-3-6-18(24)21-16-11-9-15(10-12-16)20(26)23-22-19(25)13-27-17-8-5-4-7-14(17)2/h4-5,7-12H,3,6,13H2,1-2H3,(H,21,24)(H,22,25)(H,23,26). The first-order chi connectivity index (χ1) is 13.0. The molecule has 3 N–H and O–H groups in total. The summed E-state index contributed by atoms with van der Waals surface area (Å²) in [5.74, 6) is -0.406. The van der Waals surface area contributed by atoms with Crippen molar-refractivity contribution in [2.24, 2.45) is 0 Å². The van der Waals surface area contributed by atoms with Crippen LogP contribution in [0.25, 0.3) is 0 Å². The third-order valence-corrected chi connectivity index (χ3v) is 3.68. The molecule has 0 heterocycles. The zero-order valence-corrected chi connectivity index (χ0v) is 15.4. The monoisotopic (exact) mass is 369 g/mol. The summed E-state index contributed by atoms with van der Waals surface area (Å²) in [6.07, 6.45) is 1.21. The molecule has 0 fully saturated rings. The number of anilines is 1. The number of ether oxygens (including phenoxy) is 1. The molecule has 27 heavy (non-hydrogen) atoms. The Kier molecular flexibility index (Phi) is 7.37. The van der Waals surface area contributed by atoms with E-state index in [2.05, 4.69) is 16.2 Å². The number of hydrogen-bond acceptors (Lipinski definition) is 4. The Morgan fingerprint density at radius 3 is 2.30 bits per heavy atom. The largest absolute Gasteiger partial charge is 0.483 e. The van der Waals surface area contributed by atoms with E-state index in [9.17, 15) is 14.4 Å². The van der Waals surface area contributed by atoms with E-state index >= 15 is 0 Å². The molecule has 0 aromatic heterocycles. The van der Waals surface area contributed by atoms with Crippen LogP contribution in [0.4, 0.5) is 5.69 Å². The molecule has 0 radical (unpaired) electrons. The van der Waals surface area contributed by atoms with Crippen molar-refractivity contribution in [3.05, 3.63) is 59.7 Å². The second kappa shape index (κ2) is 9.96. The molecule has 7 nitrogen and oxygen atoms in total. The fraction of sp³-hybridized carbons (Fsp3) is 0.250. The molecule has 2 rings (SSSR count). The number of hydrogen-bond donors (Lipinski definition) is 3. The van der Waals surface area contributed by atoms with E-state index in [1.807, 2.05) is 32.0 Å². The van der Waals surface area contributed by atoms with Gasteiger partial charge in [0.05, 0.1) is 0 Å². The molecule has 2 aromatic carbocycles. The molecule has 0 saturated carbocycles. The van der Waals surface area contributed by atoms with Crippen molar-refractivity contribution < 1.29 is 19.1 Å². The average Bonchev–Trinajstić information content (AvgIpc) is 2.66. The lowest BCUT2D eigenvalue weighted by molar-refractivity contribution is -0.123. The summed E-state index contributed by atoms with van der Waals surface area (Å²) >= 11 is 0. The van der Waals surface area contributed by atoms with Gasteiger partial charge in [0.25, 0.3) is 11.8 Å². The molecule has 0 atom stereocenters. The van der Waals surface area contributed by atoms with Crippen LogP contribution in [-0.2, 0) is 9.59 Å². The van der Waals surface area contributed by atoms with Crippen molar-refractivity contribution in [2.75, 3.05) is 11.9 Å². The molecule has 0 spiro atoms. The minimum absolute atomic E-state index is 0.0735. The first-order valence-corrected chi connectivity index (χ1v) is 8.67. The predicted octanol–water partition coefficient (Wildman–Crippen LogP) is 2.57. The van der Waals surface area contributed by atoms with Gasteiger partial charge in [-0.15, -0.1) is 0 Å². The van der Waals surface area contributed by atoms with Gasteiger partial charge < -0.3 is 10.1 Å². The topological polar surface area (TPSA) is 96.5 Å². The summed E-state index contributed by atoms with van der Waals surface area (Å²) in [5.41, 5.74) is 6.50.